The average Bonchev–Trinajstić information content (AvgIpc) is 2.24. The summed E-state index contributed by atoms with van der Waals surface area (Å²) in [4.78, 5) is 26.7. The zero-order valence-electron chi connectivity index (χ0n) is 12.5. The van der Waals surface area contributed by atoms with Gasteiger partial charge in [-0.15, -0.1) is 0 Å². The van der Waals surface area contributed by atoms with Gasteiger partial charge < -0.3 is 14.7 Å². The summed E-state index contributed by atoms with van der Waals surface area (Å²) >= 11 is 0. The zero-order valence-corrected chi connectivity index (χ0v) is 12.5. The van der Waals surface area contributed by atoms with Gasteiger partial charge in [0.1, 0.15) is 5.60 Å². The highest BCUT2D eigenvalue weighted by Crippen LogP contribution is 2.32. The molecule has 0 spiro atoms. The Bertz CT molecular complexity index is 377. The van der Waals surface area contributed by atoms with Crippen LogP contribution in [0.5, 0.6) is 0 Å². The first-order valence-electron chi connectivity index (χ1n) is 7.21. The van der Waals surface area contributed by atoms with Crippen molar-refractivity contribution < 1.29 is 19.4 Å². The molecule has 114 valence electrons. The molecule has 1 amide bonds. The predicted octanol–water partition coefficient (Wildman–Crippen LogP) is 1.40. The van der Waals surface area contributed by atoms with Crippen LogP contribution in [-0.2, 0) is 9.53 Å². The zero-order chi connectivity index (χ0) is 14.9. The molecule has 0 unspecified atom stereocenters. The van der Waals surface area contributed by atoms with Crippen molar-refractivity contribution in [3.05, 3.63) is 0 Å². The standard InChI is InChI=1S/C14H24N2O4/c1-14(2,3)20-13(19)16-6-4-15(5-7-16)11-8-10(9-11)12(17)18/h10-11H,4-9H2,1-3H3,(H,17,18). The van der Waals surface area contributed by atoms with E-state index in [0.717, 1.165) is 25.9 Å². The number of hydrogen-bond donors (Lipinski definition) is 1. The van der Waals surface area contributed by atoms with Gasteiger partial charge in [0.05, 0.1) is 5.92 Å². The monoisotopic (exact) mass is 284 g/mol. The Morgan fingerprint density at radius 3 is 2.10 bits per heavy atom. The van der Waals surface area contributed by atoms with Gasteiger partial charge in [-0.2, -0.15) is 0 Å². The van der Waals surface area contributed by atoms with Crippen LogP contribution < -0.4 is 0 Å². The number of carboxylic acid groups (broad SMARTS) is 1. The Morgan fingerprint density at radius 1 is 1.10 bits per heavy atom. The lowest BCUT2D eigenvalue weighted by Gasteiger charge is -2.45. The summed E-state index contributed by atoms with van der Waals surface area (Å²) in [6, 6.07) is 0.372. The van der Waals surface area contributed by atoms with Crippen molar-refractivity contribution in [2.75, 3.05) is 26.2 Å². The number of carboxylic acids is 1. The molecule has 2 rings (SSSR count). The Balaban J connectivity index is 1.73. The molecule has 20 heavy (non-hydrogen) atoms. The van der Waals surface area contributed by atoms with E-state index in [9.17, 15) is 9.59 Å². The molecule has 0 radical (unpaired) electrons. The van der Waals surface area contributed by atoms with Gasteiger partial charge in [-0.25, -0.2) is 4.79 Å². The maximum atomic E-state index is 11.9. The third-order valence-corrected chi connectivity index (χ3v) is 3.94. The topological polar surface area (TPSA) is 70.1 Å². The van der Waals surface area contributed by atoms with Crippen molar-refractivity contribution in [1.29, 1.82) is 0 Å². The van der Waals surface area contributed by atoms with Gasteiger partial charge in [0.15, 0.2) is 0 Å². The Morgan fingerprint density at radius 2 is 1.65 bits per heavy atom. The first kappa shape index (κ1) is 15.1. The molecule has 1 saturated heterocycles. The summed E-state index contributed by atoms with van der Waals surface area (Å²) in [5, 5.41) is 8.88. The molecular weight excluding hydrogens is 260 g/mol. The lowest BCUT2D eigenvalue weighted by Crippen LogP contribution is -2.56. The van der Waals surface area contributed by atoms with E-state index in [0.29, 0.717) is 19.1 Å². The van der Waals surface area contributed by atoms with Crippen molar-refractivity contribution in [2.24, 2.45) is 5.92 Å². The number of nitrogens with zero attached hydrogens (tertiary/aromatic N) is 2. The minimum Gasteiger partial charge on any atom is -0.481 e. The third-order valence-electron chi connectivity index (χ3n) is 3.94. The Labute approximate surface area is 119 Å². The molecule has 2 fully saturated rings. The highest BCUT2D eigenvalue weighted by atomic mass is 16.6. The quantitative estimate of drug-likeness (QED) is 0.830. The summed E-state index contributed by atoms with van der Waals surface area (Å²) in [5.74, 6) is -0.863. The number of aliphatic carboxylic acids is 1. The number of ether oxygens (including phenoxy) is 1. The maximum absolute atomic E-state index is 11.9. The largest absolute Gasteiger partial charge is 0.481 e. The molecule has 0 atom stereocenters. The van der Waals surface area contributed by atoms with E-state index in [1.54, 1.807) is 4.90 Å². The van der Waals surface area contributed by atoms with E-state index >= 15 is 0 Å². The van der Waals surface area contributed by atoms with Gasteiger partial charge in [0, 0.05) is 32.2 Å². The van der Waals surface area contributed by atoms with Crippen LogP contribution in [0.4, 0.5) is 4.79 Å². The van der Waals surface area contributed by atoms with Gasteiger partial charge in [-0.05, 0) is 33.6 Å². The van der Waals surface area contributed by atoms with Crippen LogP contribution in [0.2, 0.25) is 0 Å². The molecule has 1 N–H and O–H groups in total. The maximum Gasteiger partial charge on any atom is 0.410 e. The second-order valence-corrected chi connectivity index (χ2v) is 6.66. The summed E-state index contributed by atoms with van der Waals surface area (Å²) in [7, 11) is 0. The molecule has 0 aromatic heterocycles. The van der Waals surface area contributed by atoms with Crippen LogP contribution in [0.25, 0.3) is 0 Å². The molecule has 1 saturated carbocycles. The summed E-state index contributed by atoms with van der Waals surface area (Å²) in [5.41, 5.74) is -0.461. The van der Waals surface area contributed by atoms with Crippen molar-refractivity contribution in [1.82, 2.24) is 9.80 Å². The molecule has 0 aromatic rings. The first-order chi connectivity index (χ1) is 9.26. The summed E-state index contributed by atoms with van der Waals surface area (Å²) in [6.45, 7) is 8.50. The van der Waals surface area contributed by atoms with E-state index < -0.39 is 11.6 Å². The van der Waals surface area contributed by atoms with Gasteiger partial charge in [0.2, 0.25) is 0 Å². The molecule has 1 aliphatic heterocycles. The van der Waals surface area contributed by atoms with E-state index in [4.69, 9.17) is 9.84 Å². The normalized spacial score (nSPS) is 27.9. The summed E-state index contributed by atoms with van der Waals surface area (Å²) in [6.07, 6.45) is 1.22. The summed E-state index contributed by atoms with van der Waals surface area (Å²) < 4.78 is 5.35. The van der Waals surface area contributed by atoms with Gasteiger partial charge in [-0.3, -0.25) is 9.69 Å². The van der Waals surface area contributed by atoms with Crippen LogP contribution in [0, 0.1) is 5.92 Å². The number of carbonyl (C=O) groups excluding carboxylic acids is 1. The fraction of sp³-hybridized carbons (Fsp3) is 0.857. The molecule has 6 nitrogen and oxygen atoms in total. The fourth-order valence-corrected chi connectivity index (χ4v) is 2.68. The number of rotatable bonds is 2. The predicted molar refractivity (Wildman–Crippen MR) is 73.5 cm³/mol. The number of carbonyl (C=O) groups is 2. The molecule has 2 aliphatic rings. The molecule has 1 aliphatic carbocycles. The van der Waals surface area contributed by atoms with Crippen LogP contribution in [0.15, 0.2) is 0 Å². The van der Waals surface area contributed by atoms with E-state index in [1.807, 2.05) is 20.8 Å². The van der Waals surface area contributed by atoms with Gasteiger partial charge in [-0.1, -0.05) is 0 Å². The number of amides is 1. The smallest absolute Gasteiger partial charge is 0.410 e. The van der Waals surface area contributed by atoms with Gasteiger partial charge in [0.25, 0.3) is 0 Å². The highest BCUT2D eigenvalue weighted by Gasteiger charge is 2.39. The van der Waals surface area contributed by atoms with E-state index in [2.05, 4.69) is 4.90 Å². The fourth-order valence-electron chi connectivity index (χ4n) is 2.68. The minimum absolute atomic E-state index is 0.177. The number of hydrogen-bond acceptors (Lipinski definition) is 4. The molecule has 0 bridgehead atoms. The Hall–Kier alpha value is -1.30. The third kappa shape index (κ3) is 3.62. The molecule has 1 heterocycles. The second kappa shape index (κ2) is 5.60. The SMILES string of the molecule is CC(C)(C)OC(=O)N1CCN(C2CC(C(=O)O)C2)CC1. The average molecular weight is 284 g/mol. The Kier molecular flexibility index (Phi) is 4.22. The van der Waals surface area contributed by atoms with Crippen molar-refractivity contribution in [3.63, 3.8) is 0 Å². The number of piperazine rings is 1. The van der Waals surface area contributed by atoms with E-state index in [-0.39, 0.29) is 12.0 Å². The van der Waals surface area contributed by atoms with Crippen molar-refractivity contribution >= 4 is 12.1 Å². The van der Waals surface area contributed by atoms with Crippen LogP contribution >= 0.6 is 0 Å². The van der Waals surface area contributed by atoms with Crippen molar-refractivity contribution in [3.8, 4) is 0 Å². The minimum atomic E-state index is -0.686. The van der Waals surface area contributed by atoms with Crippen LogP contribution in [0.1, 0.15) is 33.6 Å². The lowest BCUT2D eigenvalue weighted by atomic mass is 9.79. The lowest BCUT2D eigenvalue weighted by molar-refractivity contribution is -0.147. The highest BCUT2D eigenvalue weighted by molar-refractivity contribution is 5.71. The van der Waals surface area contributed by atoms with Crippen molar-refractivity contribution in [2.45, 2.75) is 45.3 Å². The molecule has 6 heteroatoms. The molecular formula is C14H24N2O4. The van der Waals surface area contributed by atoms with Crippen LogP contribution in [0.3, 0.4) is 0 Å². The van der Waals surface area contributed by atoms with E-state index in [1.165, 1.54) is 0 Å². The molecule has 0 aromatic carbocycles. The van der Waals surface area contributed by atoms with Crippen LogP contribution in [-0.4, -0.2) is 64.8 Å². The first-order valence-corrected chi connectivity index (χ1v) is 7.21. The second-order valence-electron chi connectivity index (χ2n) is 6.66. The van der Waals surface area contributed by atoms with Gasteiger partial charge >= 0.3 is 12.1 Å².